The summed E-state index contributed by atoms with van der Waals surface area (Å²) in [5, 5.41) is 8.99. The summed E-state index contributed by atoms with van der Waals surface area (Å²) >= 11 is 0. The molecule has 0 bridgehead atoms. The third-order valence-electron chi connectivity index (χ3n) is 6.75. The molecule has 0 radical (unpaired) electrons. The highest BCUT2D eigenvalue weighted by molar-refractivity contribution is 7.89. The maximum atomic E-state index is 13.1. The van der Waals surface area contributed by atoms with Gasteiger partial charge < -0.3 is 14.5 Å². The van der Waals surface area contributed by atoms with Crippen LogP contribution in [-0.4, -0.2) is 47.6 Å². The van der Waals surface area contributed by atoms with Crippen molar-refractivity contribution in [3.8, 4) is 40.2 Å². The predicted octanol–water partition coefficient (Wildman–Crippen LogP) is 4.31. The van der Waals surface area contributed by atoms with Crippen molar-refractivity contribution in [2.75, 3.05) is 19.9 Å². The van der Waals surface area contributed by atoms with Crippen LogP contribution in [0.5, 0.6) is 11.5 Å². The largest absolute Gasteiger partial charge is 0.454 e. The molecule has 2 aliphatic rings. The summed E-state index contributed by atoms with van der Waals surface area (Å²) in [6, 6.07) is 19.5. The normalized spacial score (nSPS) is 16.0. The van der Waals surface area contributed by atoms with Crippen molar-refractivity contribution < 1.29 is 17.9 Å². The minimum Gasteiger partial charge on any atom is -0.454 e. The molecule has 0 atom stereocenters. The predicted molar refractivity (Wildman–Crippen MR) is 135 cm³/mol. The van der Waals surface area contributed by atoms with Crippen molar-refractivity contribution in [1.82, 2.24) is 19.3 Å². The van der Waals surface area contributed by atoms with Crippen molar-refractivity contribution >= 4 is 10.0 Å². The summed E-state index contributed by atoms with van der Waals surface area (Å²) in [4.78, 5) is 13.2. The van der Waals surface area contributed by atoms with E-state index in [9.17, 15) is 8.42 Å². The van der Waals surface area contributed by atoms with Gasteiger partial charge in [0.05, 0.1) is 33.6 Å². The van der Waals surface area contributed by atoms with Gasteiger partial charge in [0.2, 0.25) is 16.8 Å². The molecule has 186 valence electrons. The molecule has 0 unspecified atom stereocenters. The second-order valence-electron chi connectivity index (χ2n) is 8.94. The molecule has 0 amide bonds. The van der Waals surface area contributed by atoms with Crippen molar-refractivity contribution in [1.29, 1.82) is 5.26 Å². The number of nitriles is 1. The van der Waals surface area contributed by atoms with Gasteiger partial charge in [-0.3, -0.25) is 4.98 Å². The van der Waals surface area contributed by atoms with E-state index in [0.29, 0.717) is 43.0 Å². The van der Waals surface area contributed by atoms with Gasteiger partial charge in [0, 0.05) is 30.8 Å². The van der Waals surface area contributed by atoms with Crippen LogP contribution in [0.1, 0.15) is 30.1 Å². The number of fused-ring (bicyclic) bond motifs is 1. The van der Waals surface area contributed by atoms with E-state index >= 15 is 0 Å². The van der Waals surface area contributed by atoms with Gasteiger partial charge in [-0.1, -0.05) is 6.07 Å². The highest BCUT2D eigenvalue weighted by Crippen LogP contribution is 2.39. The molecule has 1 N–H and O–H groups in total. The molecule has 4 aromatic rings. The molecule has 1 fully saturated rings. The van der Waals surface area contributed by atoms with Crippen LogP contribution in [-0.2, 0) is 10.0 Å². The summed E-state index contributed by atoms with van der Waals surface area (Å²) in [5.74, 6) is 2.26. The molecular weight excluding hydrogens is 490 g/mol. The van der Waals surface area contributed by atoms with Gasteiger partial charge in [0.25, 0.3) is 0 Å². The van der Waals surface area contributed by atoms with E-state index in [0.717, 1.165) is 28.5 Å². The van der Waals surface area contributed by atoms with Gasteiger partial charge in [-0.15, -0.1) is 0 Å². The first kappa shape index (κ1) is 23.2. The highest BCUT2D eigenvalue weighted by Gasteiger charge is 2.32. The molecule has 2 aliphatic heterocycles. The Labute approximate surface area is 214 Å². The Kier molecular flexibility index (Phi) is 5.87. The average Bonchev–Trinajstić information content (AvgIpc) is 3.61. The van der Waals surface area contributed by atoms with Gasteiger partial charge in [-0.05, 0) is 67.4 Å². The minimum absolute atomic E-state index is 0.0673. The number of hydrogen-bond donors (Lipinski definition) is 1. The van der Waals surface area contributed by atoms with Crippen molar-refractivity contribution in [3.05, 3.63) is 78.2 Å². The van der Waals surface area contributed by atoms with E-state index in [-0.39, 0.29) is 17.6 Å². The van der Waals surface area contributed by atoms with E-state index < -0.39 is 10.0 Å². The first-order valence-electron chi connectivity index (χ1n) is 11.9. The lowest BCUT2D eigenvalue weighted by atomic mass is 9.97. The molecule has 9 nitrogen and oxygen atoms in total. The Morgan fingerprint density at radius 3 is 2.51 bits per heavy atom. The van der Waals surface area contributed by atoms with E-state index in [2.05, 4.69) is 9.97 Å². The van der Waals surface area contributed by atoms with Crippen LogP contribution in [0.3, 0.4) is 0 Å². The number of H-pyrrole nitrogens is 1. The minimum atomic E-state index is -3.63. The second-order valence-corrected chi connectivity index (χ2v) is 10.9. The van der Waals surface area contributed by atoms with Crippen molar-refractivity contribution in [2.24, 2.45) is 0 Å². The van der Waals surface area contributed by atoms with Gasteiger partial charge in [0.15, 0.2) is 11.5 Å². The fourth-order valence-electron chi connectivity index (χ4n) is 4.75. The zero-order chi connectivity index (χ0) is 25.4. The fraction of sp³-hybridized carbons (Fsp3) is 0.222. The third kappa shape index (κ3) is 4.33. The second kappa shape index (κ2) is 9.35. The first-order valence-corrected chi connectivity index (χ1v) is 13.4. The summed E-state index contributed by atoms with van der Waals surface area (Å²) < 4.78 is 38.8. The lowest BCUT2D eigenvalue weighted by Gasteiger charge is -2.30. The molecule has 10 heteroatoms. The number of nitrogens with one attached hydrogen (secondary N) is 1. The maximum absolute atomic E-state index is 13.1. The Morgan fingerprint density at radius 2 is 1.78 bits per heavy atom. The van der Waals surface area contributed by atoms with Gasteiger partial charge >= 0.3 is 0 Å². The summed E-state index contributed by atoms with van der Waals surface area (Å²) in [5.41, 5.74) is 3.65. The Bertz CT molecular complexity index is 1590. The molecule has 6 rings (SSSR count). The average molecular weight is 514 g/mol. The number of ether oxygens (including phenoxy) is 2. The number of imidazole rings is 1. The Balaban J connectivity index is 1.27. The highest BCUT2D eigenvalue weighted by atomic mass is 32.2. The number of aromatic nitrogens is 3. The first-order chi connectivity index (χ1) is 18.0. The van der Waals surface area contributed by atoms with Crippen LogP contribution in [0.15, 0.2) is 71.8 Å². The number of hydrogen-bond acceptors (Lipinski definition) is 7. The third-order valence-corrected chi connectivity index (χ3v) is 8.66. The van der Waals surface area contributed by atoms with Crippen LogP contribution in [0, 0.1) is 11.3 Å². The number of nitrogens with zero attached hydrogens (tertiary/aromatic N) is 4. The lowest BCUT2D eigenvalue weighted by molar-refractivity contribution is 0.174. The molecule has 0 spiro atoms. The van der Waals surface area contributed by atoms with Crippen LogP contribution >= 0.6 is 0 Å². The SMILES string of the molecule is N#Cc1ccc(S(=O)(=O)N2CCC(c3nc(-c4ccc5c(c4)OCO5)c(-c4ccccn4)[nH]3)CC2)cc1. The van der Waals surface area contributed by atoms with Crippen LogP contribution < -0.4 is 9.47 Å². The molecule has 0 aliphatic carbocycles. The van der Waals surface area contributed by atoms with Crippen molar-refractivity contribution in [3.63, 3.8) is 0 Å². The topological polar surface area (TPSA) is 121 Å². The molecule has 37 heavy (non-hydrogen) atoms. The summed E-state index contributed by atoms with van der Waals surface area (Å²) in [6.07, 6.45) is 3.00. The number of aromatic amines is 1. The molecular formula is C27H23N5O4S. The van der Waals surface area contributed by atoms with Gasteiger partial charge in [-0.25, -0.2) is 13.4 Å². The zero-order valence-electron chi connectivity index (χ0n) is 19.8. The smallest absolute Gasteiger partial charge is 0.243 e. The Hall–Kier alpha value is -4.20. The van der Waals surface area contributed by atoms with E-state index in [1.165, 1.54) is 28.6 Å². The number of benzene rings is 2. The van der Waals surface area contributed by atoms with E-state index in [1.807, 2.05) is 42.5 Å². The summed E-state index contributed by atoms with van der Waals surface area (Å²) in [7, 11) is -3.63. The fourth-order valence-corrected chi connectivity index (χ4v) is 6.22. The lowest BCUT2D eigenvalue weighted by Crippen LogP contribution is -2.38. The zero-order valence-corrected chi connectivity index (χ0v) is 20.6. The number of sulfonamides is 1. The number of pyridine rings is 1. The van der Waals surface area contributed by atoms with Crippen LogP contribution in [0.25, 0.3) is 22.6 Å². The van der Waals surface area contributed by atoms with Gasteiger partial charge in [-0.2, -0.15) is 9.57 Å². The molecule has 2 aromatic carbocycles. The number of piperidine rings is 1. The summed E-state index contributed by atoms with van der Waals surface area (Å²) in [6.45, 7) is 0.958. The van der Waals surface area contributed by atoms with Crippen LogP contribution in [0.4, 0.5) is 0 Å². The quantitative estimate of drug-likeness (QED) is 0.422. The molecule has 0 saturated carbocycles. The number of rotatable bonds is 5. The van der Waals surface area contributed by atoms with Crippen molar-refractivity contribution in [2.45, 2.75) is 23.7 Å². The van der Waals surface area contributed by atoms with E-state index in [4.69, 9.17) is 19.7 Å². The standard InChI is InChI=1S/C27H23N5O4S/c28-16-18-4-7-21(8-5-18)37(33,34)32-13-10-19(11-14-32)27-30-25(26(31-27)22-3-1-2-12-29-22)20-6-9-23-24(15-20)36-17-35-23/h1-9,12,15,19H,10-11,13-14,17H2,(H,30,31). The monoisotopic (exact) mass is 513 g/mol. The molecule has 1 saturated heterocycles. The van der Waals surface area contributed by atoms with Gasteiger partial charge in [0.1, 0.15) is 5.82 Å². The maximum Gasteiger partial charge on any atom is 0.243 e. The van der Waals surface area contributed by atoms with E-state index in [1.54, 1.807) is 6.20 Å². The molecule has 2 aromatic heterocycles. The molecule has 4 heterocycles. The Morgan fingerprint density at radius 1 is 1.00 bits per heavy atom. The van der Waals surface area contributed by atoms with Crippen LogP contribution in [0.2, 0.25) is 0 Å².